The van der Waals surface area contributed by atoms with Gasteiger partial charge in [-0.05, 0) is 62.6 Å². The van der Waals surface area contributed by atoms with Gasteiger partial charge in [-0.1, -0.05) is 127 Å². The highest BCUT2D eigenvalue weighted by molar-refractivity contribution is 8.34. The molecule has 0 saturated carbocycles. The van der Waals surface area contributed by atoms with E-state index in [9.17, 15) is 0 Å². The summed E-state index contributed by atoms with van der Waals surface area (Å²) >= 11 is 7.03. The Kier molecular flexibility index (Phi) is 5.88. The van der Waals surface area contributed by atoms with Crippen LogP contribution >= 0.6 is 21.6 Å². The first-order valence-corrected chi connectivity index (χ1v) is 14.9. The summed E-state index contributed by atoms with van der Waals surface area (Å²) in [5.41, 5.74) is 0. The van der Waals surface area contributed by atoms with Gasteiger partial charge in [0.1, 0.15) is 5.82 Å². The minimum absolute atomic E-state index is 0.168. The molecular weight excluding hydrogens is 519 g/mol. The molecule has 188 valence electrons. The fourth-order valence-corrected chi connectivity index (χ4v) is 10.8. The van der Waals surface area contributed by atoms with Gasteiger partial charge in [0.2, 0.25) is 0 Å². The van der Waals surface area contributed by atoms with Gasteiger partial charge in [-0.15, -0.1) is 10.0 Å². The van der Waals surface area contributed by atoms with E-state index in [1.54, 1.807) is 6.07 Å². The SMILES string of the molecule is Fc1cccc(S(c2cccc3ccccc23)(c2cccc3ccccc23)c2cccc3ccccc23)c1Cl. The van der Waals surface area contributed by atoms with Crippen LogP contribution in [0.3, 0.4) is 0 Å². The lowest BCUT2D eigenvalue weighted by molar-refractivity contribution is 0.624. The van der Waals surface area contributed by atoms with Crippen LogP contribution in [0.5, 0.6) is 0 Å². The van der Waals surface area contributed by atoms with Crippen LogP contribution in [0, 0.1) is 5.82 Å². The van der Waals surface area contributed by atoms with Crippen molar-refractivity contribution in [3.05, 3.63) is 156 Å². The van der Waals surface area contributed by atoms with E-state index in [-0.39, 0.29) is 5.02 Å². The second kappa shape index (κ2) is 9.57. The molecule has 0 saturated heterocycles. The van der Waals surface area contributed by atoms with Crippen LogP contribution in [0.25, 0.3) is 32.3 Å². The van der Waals surface area contributed by atoms with Crippen molar-refractivity contribution in [1.82, 2.24) is 0 Å². The Hall–Kier alpha value is -4.11. The molecule has 0 aliphatic heterocycles. The number of hydrogen-bond donors (Lipinski definition) is 0. The van der Waals surface area contributed by atoms with Crippen molar-refractivity contribution in [2.75, 3.05) is 0 Å². The second-order valence-corrected chi connectivity index (χ2v) is 13.0. The Morgan fingerprint density at radius 2 is 0.718 bits per heavy atom. The largest absolute Gasteiger partial charge is 0.205 e. The Bertz CT molecular complexity index is 1810. The molecule has 7 rings (SSSR count). The Balaban J connectivity index is 1.81. The molecule has 0 spiro atoms. The normalized spacial score (nSPS) is 12.3. The summed E-state index contributed by atoms with van der Waals surface area (Å²) in [5.74, 6) is -0.410. The lowest BCUT2D eigenvalue weighted by Gasteiger charge is -2.44. The maximum Gasteiger partial charge on any atom is 0.142 e. The number of halogens is 2. The summed E-state index contributed by atoms with van der Waals surface area (Å²) in [4.78, 5) is 4.22. The maximum atomic E-state index is 15.5. The van der Waals surface area contributed by atoms with Crippen molar-refractivity contribution >= 4 is 53.9 Å². The van der Waals surface area contributed by atoms with Gasteiger partial charge in [0, 0.05) is 19.6 Å². The first-order valence-electron chi connectivity index (χ1n) is 12.9. The lowest BCUT2D eigenvalue weighted by atomic mass is 10.1. The van der Waals surface area contributed by atoms with Crippen molar-refractivity contribution in [2.45, 2.75) is 19.6 Å². The molecule has 0 nitrogen and oxygen atoms in total. The monoisotopic (exact) mass is 542 g/mol. The topological polar surface area (TPSA) is 0 Å². The molecule has 0 aliphatic carbocycles. The number of hydrogen-bond acceptors (Lipinski definition) is 0. The molecule has 0 unspecified atom stereocenters. The third-order valence-corrected chi connectivity index (χ3v) is 12.0. The summed E-state index contributed by atoms with van der Waals surface area (Å²) in [5, 5.41) is 6.99. The van der Waals surface area contributed by atoms with Crippen LogP contribution < -0.4 is 0 Å². The quantitative estimate of drug-likeness (QED) is 0.207. The van der Waals surface area contributed by atoms with E-state index in [2.05, 4.69) is 127 Å². The van der Waals surface area contributed by atoms with E-state index in [0.717, 1.165) is 51.9 Å². The smallest absolute Gasteiger partial charge is 0.142 e. The van der Waals surface area contributed by atoms with Gasteiger partial charge < -0.3 is 0 Å². The van der Waals surface area contributed by atoms with Crippen molar-refractivity contribution in [3.63, 3.8) is 0 Å². The van der Waals surface area contributed by atoms with Crippen LogP contribution in [0.15, 0.2) is 165 Å². The molecule has 0 bridgehead atoms. The summed E-state index contributed by atoms with van der Waals surface area (Å²) in [6.07, 6.45) is 0. The average Bonchev–Trinajstić information content (AvgIpc) is 2.99. The van der Waals surface area contributed by atoms with E-state index in [4.69, 9.17) is 11.6 Å². The summed E-state index contributed by atoms with van der Waals surface area (Å²) < 4.78 is 15.5. The van der Waals surface area contributed by atoms with Crippen molar-refractivity contribution in [3.8, 4) is 0 Å². The van der Waals surface area contributed by atoms with Crippen molar-refractivity contribution < 1.29 is 4.39 Å². The van der Waals surface area contributed by atoms with E-state index >= 15 is 4.39 Å². The second-order valence-electron chi connectivity index (χ2n) is 9.60. The molecule has 3 heteroatoms. The molecule has 7 aromatic rings. The van der Waals surface area contributed by atoms with Crippen LogP contribution in [-0.4, -0.2) is 0 Å². The molecular formula is C36H24ClFS. The zero-order chi connectivity index (χ0) is 26.4. The van der Waals surface area contributed by atoms with Gasteiger partial charge in [-0.25, -0.2) is 4.39 Å². The fraction of sp³-hybridized carbons (Fsp3) is 0. The van der Waals surface area contributed by atoms with Crippen LogP contribution in [0.2, 0.25) is 5.02 Å². The van der Waals surface area contributed by atoms with Gasteiger partial charge in [0.15, 0.2) is 0 Å². The van der Waals surface area contributed by atoms with Gasteiger partial charge >= 0.3 is 0 Å². The molecule has 0 radical (unpaired) electrons. The van der Waals surface area contributed by atoms with Gasteiger partial charge in [-0.2, -0.15) is 0 Å². The number of fused-ring (bicyclic) bond motifs is 3. The van der Waals surface area contributed by atoms with Crippen molar-refractivity contribution in [1.29, 1.82) is 0 Å². The third-order valence-electron chi connectivity index (χ3n) is 7.48. The average molecular weight is 543 g/mol. The van der Waals surface area contributed by atoms with Gasteiger partial charge in [-0.3, -0.25) is 0 Å². The zero-order valence-corrected chi connectivity index (χ0v) is 22.6. The molecule has 39 heavy (non-hydrogen) atoms. The van der Waals surface area contributed by atoms with Gasteiger partial charge in [0.25, 0.3) is 0 Å². The Labute approximate surface area is 233 Å². The summed E-state index contributed by atoms with van der Waals surface area (Å²) in [6, 6.07) is 50.0. The molecule has 0 amide bonds. The first kappa shape index (κ1) is 24.0. The standard InChI is InChI=1S/C36H24ClFS/c37-36-31(38)20-10-24-35(36)39(32-21-7-14-25-11-1-4-17-28(25)32,33-22-8-15-26-12-2-5-18-29(26)33)34-23-9-16-27-13-3-6-19-30(27)34/h1-24H. The maximum absolute atomic E-state index is 15.5. The molecule has 7 aromatic carbocycles. The van der Waals surface area contributed by atoms with E-state index < -0.39 is 15.8 Å². The van der Waals surface area contributed by atoms with E-state index in [0.29, 0.717) is 0 Å². The highest BCUT2D eigenvalue weighted by Crippen LogP contribution is 2.77. The van der Waals surface area contributed by atoms with Gasteiger partial charge in [0.05, 0.1) is 5.02 Å². The Morgan fingerprint density at radius 1 is 0.385 bits per heavy atom. The molecule has 0 fully saturated rings. The minimum Gasteiger partial charge on any atom is -0.205 e. The highest BCUT2D eigenvalue weighted by Gasteiger charge is 2.39. The highest BCUT2D eigenvalue weighted by atomic mass is 35.5. The molecule has 0 aliphatic rings. The molecule has 0 aromatic heterocycles. The number of rotatable bonds is 4. The van der Waals surface area contributed by atoms with E-state index in [1.165, 1.54) is 6.07 Å². The van der Waals surface area contributed by atoms with E-state index in [1.807, 2.05) is 6.07 Å². The first-order chi connectivity index (χ1) is 19.2. The fourth-order valence-electron chi connectivity index (χ4n) is 5.82. The predicted octanol–water partition coefficient (Wildman–Crippen LogP) is 11.3. The molecule has 0 N–H and O–H groups in total. The predicted molar refractivity (Wildman–Crippen MR) is 164 cm³/mol. The van der Waals surface area contributed by atoms with Crippen LogP contribution in [0.1, 0.15) is 0 Å². The van der Waals surface area contributed by atoms with Crippen LogP contribution in [0.4, 0.5) is 4.39 Å². The Morgan fingerprint density at radius 3 is 1.15 bits per heavy atom. The summed E-state index contributed by atoms with van der Waals surface area (Å²) in [7, 11) is -2.32. The molecule has 0 heterocycles. The third kappa shape index (κ3) is 3.67. The number of benzene rings is 7. The minimum atomic E-state index is -2.32. The van der Waals surface area contributed by atoms with Crippen LogP contribution in [-0.2, 0) is 0 Å². The lowest BCUT2D eigenvalue weighted by Crippen LogP contribution is -2.08. The molecule has 0 atom stereocenters. The van der Waals surface area contributed by atoms with Crippen molar-refractivity contribution in [2.24, 2.45) is 0 Å². The summed E-state index contributed by atoms with van der Waals surface area (Å²) in [6.45, 7) is 0. The zero-order valence-electron chi connectivity index (χ0n) is 21.0.